The van der Waals surface area contributed by atoms with E-state index in [-0.39, 0.29) is 36.7 Å². The summed E-state index contributed by atoms with van der Waals surface area (Å²) in [5.74, 6) is 0.476. The van der Waals surface area contributed by atoms with Crippen LogP contribution in [0.2, 0.25) is 0 Å². The van der Waals surface area contributed by atoms with Gasteiger partial charge in [0.25, 0.3) is 0 Å². The standard InChI is InChI=1S/C29H33FN8O4/c1-32-28(20-2-7-26(21(14-20)15-31)42-27-8-9-38(16-25(27)30)29(39)35-40)34-19-33-22-3-5-23(6-4-22)36-10-12-37(13-11-36)24-17-41-18-24/h2-7,14,19,24-25,27,40H,1,8-13,16-18H2,(H,35,39)/t25-,27+/m1/s1. The molecule has 3 aliphatic heterocycles. The third kappa shape index (κ3) is 6.73. The number of amidine groups is 1. The topological polar surface area (TPSA) is 138 Å². The Bertz CT molecular complexity index is 1370. The first-order valence-corrected chi connectivity index (χ1v) is 13.8. The van der Waals surface area contributed by atoms with Crippen LogP contribution >= 0.6 is 0 Å². The van der Waals surface area contributed by atoms with E-state index < -0.39 is 18.3 Å². The number of carbonyl (C=O) groups excluding carboxylic acids is 1. The molecule has 0 unspecified atom stereocenters. The zero-order chi connectivity index (χ0) is 29.5. The number of piperidine rings is 1. The molecule has 2 atom stereocenters. The number of nitrogens with one attached hydrogen (secondary N) is 1. The Labute approximate surface area is 243 Å². The van der Waals surface area contributed by atoms with Crippen molar-refractivity contribution in [2.45, 2.75) is 24.7 Å². The van der Waals surface area contributed by atoms with Crippen molar-refractivity contribution in [3.63, 3.8) is 0 Å². The molecule has 5 rings (SSSR count). The summed E-state index contributed by atoms with van der Waals surface area (Å²) in [6, 6.07) is 14.6. The summed E-state index contributed by atoms with van der Waals surface area (Å²) < 4.78 is 25.8. The van der Waals surface area contributed by atoms with E-state index in [1.165, 1.54) is 11.8 Å². The van der Waals surface area contributed by atoms with Gasteiger partial charge in [0, 0.05) is 50.4 Å². The molecule has 0 saturated carbocycles. The fraction of sp³-hybridized carbons (Fsp3) is 0.414. The van der Waals surface area contributed by atoms with Gasteiger partial charge < -0.3 is 19.3 Å². The van der Waals surface area contributed by atoms with Crippen molar-refractivity contribution in [3.05, 3.63) is 53.6 Å². The molecule has 0 aliphatic carbocycles. The minimum Gasteiger partial charge on any atom is -0.486 e. The van der Waals surface area contributed by atoms with Gasteiger partial charge in [-0.15, -0.1) is 0 Å². The molecule has 0 radical (unpaired) electrons. The van der Waals surface area contributed by atoms with Crippen molar-refractivity contribution in [1.82, 2.24) is 15.3 Å². The molecule has 12 nitrogen and oxygen atoms in total. The van der Waals surface area contributed by atoms with Gasteiger partial charge in [0.2, 0.25) is 0 Å². The molecule has 2 aromatic rings. The molecule has 3 fully saturated rings. The zero-order valence-corrected chi connectivity index (χ0v) is 23.1. The molecule has 0 aromatic heterocycles. The van der Waals surface area contributed by atoms with E-state index in [0.717, 1.165) is 55.7 Å². The van der Waals surface area contributed by atoms with Gasteiger partial charge in [0.15, 0.2) is 12.0 Å². The number of aliphatic imine (C=N–C) groups is 3. The lowest BCUT2D eigenvalue weighted by Gasteiger charge is -2.43. The molecular formula is C29H33FN8O4. The number of piperazine rings is 1. The Balaban J connectivity index is 1.18. The third-order valence-electron chi connectivity index (χ3n) is 7.70. The number of rotatable bonds is 7. The summed E-state index contributed by atoms with van der Waals surface area (Å²) in [6.45, 7) is 9.24. The molecule has 3 heterocycles. The first-order chi connectivity index (χ1) is 20.5. The fourth-order valence-electron chi connectivity index (χ4n) is 5.18. The third-order valence-corrected chi connectivity index (χ3v) is 7.70. The molecule has 2 amide bonds. The van der Waals surface area contributed by atoms with E-state index in [0.29, 0.717) is 11.6 Å². The minimum absolute atomic E-state index is 0.181. The predicted octanol–water partition coefficient (Wildman–Crippen LogP) is 2.78. The van der Waals surface area contributed by atoms with Gasteiger partial charge in [-0.1, -0.05) is 0 Å². The molecule has 3 saturated heterocycles. The van der Waals surface area contributed by atoms with Crippen LogP contribution in [0.5, 0.6) is 5.75 Å². The lowest BCUT2D eigenvalue weighted by molar-refractivity contribution is -0.0660. The molecule has 3 aliphatic rings. The van der Waals surface area contributed by atoms with Crippen molar-refractivity contribution in [1.29, 1.82) is 5.26 Å². The second-order valence-electron chi connectivity index (χ2n) is 10.2. The van der Waals surface area contributed by atoms with E-state index in [4.69, 9.17) is 14.7 Å². The van der Waals surface area contributed by atoms with Gasteiger partial charge >= 0.3 is 6.03 Å². The van der Waals surface area contributed by atoms with Crippen LogP contribution in [-0.4, -0.2) is 111 Å². The summed E-state index contributed by atoms with van der Waals surface area (Å²) >= 11 is 0. The van der Waals surface area contributed by atoms with Gasteiger partial charge in [-0.2, -0.15) is 5.26 Å². The normalized spacial score (nSPS) is 22.0. The van der Waals surface area contributed by atoms with Crippen molar-refractivity contribution < 1.29 is 23.9 Å². The first kappa shape index (κ1) is 29.1. The molecule has 42 heavy (non-hydrogen) atoms. The Morgan fingerprint density at radius 2 is 1.93 bits per heavy atom. The maximum absolute atomic E-state index is 14.7. The number of anilines is 1. The second kappa shape index (κ2) is 13.5. The highest BCUT2D eigenvalue weighted by Crippen LogP contribution is 2.26. The summed E-state index contributed by atoms with van der Waals surface area (Å²) in [5, 5.41) is 18.5. The Kier molecular flexibility index (Phi) is 9.38. The summed E-state index contributed by atoms with van der Waals surface area (Å²) in [5.41, 5.74) is 4.10. The van der Waals surface area contributed by atoms with Crippen LogP contribution in [-0.2, 0) is 4.74 Å². The van der Waals surface area contributed by atoms with Crippen LogP contribution < -0.4 is 15.1 Å². The fourth-order valence-corrected chi connectivity index (χ4v) is 5.18. The monoisotopic (exact) mass is 576 g/mol. The maximum atomic E-state index is 14.7. The van der Waals surface area contributed by atoms with Crippen molar-refractivity contribution in [3.8, 4) is 11.8 Å². The van der Waals surface area contributed by atoms with Crippen LogP contribution in [0.1, 0.15) is 17.5 Å². The number of carbonyl (C=O) groups is 1. The number of hydroxylamine groups is 1. The van der Waals surface area contributed by atoms with Crippen LogP contribution in [0.4, 0.5) is 20.6 Å². The zero-order valence-electron chi connectivity index (χ0n) is 23.1. The molecular weight excluding hydrogens is 543 g/mol. The van der Waals surface area contributed by atoms with Gasteiger partial charge in [-0.25, -0.2) is 29.6 Å². The summed E-state index contributed by atoms with van der Waals surface area (Å²) in [4.78, 5) is 30.3. The highest BCUT2D eigenvalue weighted by molar-refractivity contribution is 6.05. The summed E-state index contributed by atoms with van der Waals surface area (Å²) in [6.07, 6.45) is -0.745. The van der Waals surface area contributed by atoms with Crippen molar-refractivity contribution in [2.24, 2.45) is 15.0 Å². The van der Waals surface area contributed by atoms with Crippen LogP contribution in [0, 0.1) is 11.3 Å². The van der Waals surface area contributed by atoms with Crippen molar-refractivity contribution >= 4 is 36.3 Å². The quantitative estimate of drug-likeness (QED) is 0.224. The smallest absolute Gasteiger partial charge is 0.341 e. The number of ether oxygens (including phenoxy) is 2. The number of halogens is 1. The Morgan fingerprint density at radius 3 is 2.55 bits per heavy atom. The van der Waals surface area contributed by atoms with Gasteiger partial charge in [0.05, 0.1) is 37.1 Å². The van der Waals surface area contributed by atoms with Crippen molar-refractivity contribution in [2.75, 3.05) is 57.4 Å². The molecule has 13 heteroatoms. The molecule has 220 valence electrons. The number of nitriles is 1. The largest absolute Gasteiger partial charge is 0.486 e. The molecule has 2 aromatic carbocycles. The average Bonchev–Trinajstić information content (AvgIpc) is 3.00. The SMILES string of the molecule is C=NC(=NC=Nc1ccc(N2CCN(C3COC3)CC2)cc1)c1ccc(O[C@H]2CCN(C(=O)NO)C[C@H]2F)c(C#N)c1. The van der Waals surface area contributed by atoms with Gasteiger partial charge in [-0.3, -0.25) is 10.1 Å². The van der Waals surface area contributed by atoms with Gasteiger partial charge in [0.1, 0.15) is 24.3 Å². The molecule has 0 bridgehead atoms. The number of alkyl halides is 1. The average molecular weight is 577 g/mol. The minimum atomic E-state index is -1.49. The lowest BCUT2D eigenvalue weighted by atomic mass is 10.1. The molecule has 0 spiro atoms. The van der Waals surface area contributed by atoms with Crippen LogP contribution in [0.25, 0.3) is 0 Å². The molecule has 2 N–H and O–H groups in total. The number of amides is 2. The van der Waals surface area contributed by atoms with Crippen LogP contribution in [0.3, 0.4) is 0 Å². The highest BCUT2D eigenvalue weighted by atomic mass is 19.1. The van der Waals surface area contributed by atoms with E-state index in [1.807, 2.05) is 12.1 Å². The van der Waals surface area contributed by atoms with Crippen LogP contribution in [0.15, 0.2) is 57.4 Å². The van der Waals surface area contributed by atoms with E-state index >= 15 is 0 Å². The summed E-state index contributed by atoms with van der Waals surface area (Å²) in [7, 11) is 0. The number of hydrogen-bond acceptors (Lipinski definition) is 8. The number of urea groups is 1. The number of hydrogen-bond donors (Lipinski definition) is 2. The van der Waals surface area contributed by atoms with Gasteiger partial charge in [-0.05, 0) is 49.2 Å². The first-order valence-electron chi connectivity index (χ1n) is 13.8. The lowest BCUT2D eigenvalue weighted by Crippen LogP contribution is -2.56. The Hall–Kier alpha value is -4.38. The number of benzene rings is 2. The maximum Gasteiger partial charge on any atom is 0.341 e. The Morgan fingerprint density at radius 1 is 1.17 bits per heavy atom. The van der Waals surface area contributed by atoms with E-state index in [2.05, 4.69) is 49.7 Å². The number of likely N-dealkylation sites (tertiary alicyclic amines) is 1. The highest BCUT2D eigenvalue weighted by Gasteiger charge is 2.33. The van der Waals surface area contributed by atoms with E-state index in [9.17, 15) is 14.4 Å². The van der Waals surface area contributed by atoms with E-state index in [1.54, 1.807) is 18.2 Å². The second-order valence-corrected chi connectivity index (χ2v) is 10.2. The predicted molar refractivity (Wildman–Crippen MR) is 156 cm³/mol. The number of nitrogens with zero attached hydrogens (tertiary/aromatic N) is 7.